The predicted octanol–water partition coefficient (Wildman–Crippen LogP) is 2.14. The van der Waals surface area contributed by atoms with E-state index in [-0.39, 0.29) is 5.91 Å². The van der Waals surface area contributed by atoms with Crippen molar-refractivity contribution in [3.8, 4) is 0 Å². The van der Waals surface area contributed by atoms with Crippen LogP contribution in [0.1, 0.15) is 17.4 Å². The van der Waals surface area contributed by atoms with Gasteiger partial charge in [0, 0.05) is 18.4 Å². The van der Waals surface area contributed by atoms with Crippen LogP contribution in [0.5, 0.6) is 0 Å². The molecule has 0 aliphatic heterocycles. The molecule has 2 aromatic rings. The molecule has 86 valence electrons. The molecule has 0 unspecified atom stereocenters. The SMILES string of the molecule is CCN(C(=O)c1cccnn1)c1ccccc1. The van der Waals surface area contributed by atoms with Crippen molar-refractivity contribution in [3.63, 3.8) is 0 Å². The Hall–Kier alpha value is -2.23. The topological polar surface area (TPSA) is 46.1 Å². The summed E-state index contributed by atoms with van der Waals surface area (Å²) in [6, 6.07) is 12.9. The van der Waals surface area contributed by atoms with E-state index >= 15 is 0 Å². The summed E-state index contributed by atoms with van der Waals surface area (Å²) in [4.78, 5) is 13.9. The first-order valence-corrected chi connectivity index (χ1v) is 5.47. The van der Waals surface area contributed by atoms with E-state index in [0.29, 0.717) is 12.2 Å². The standard InChI is InChI=1S/C13H13N3O/c1-2-16(11-7-4-3-5-8-11)13(17)12-9-6-10-14-15-12/h3-10H,2H2,1H3. The zero-order valence-electron chi connectivity index (χ0n) is 9.58. The minimum atomic E-state index is -0.133. The summed E-state index contributed by atoms with van der Waals surface area (Å²) < 4.78 is 0. The highest BCUT2D eigenvalue weighted by Gasteiger charge is 2.16. The summed E-state index contributed by atoms with van der Waals surface area (Å²) in [7, 11) is 0. The molecule has 0 atom stereocenters. The molecule has 17 heavy (non-hydrogen) atoms. The average Bonchev–Trinajstić information content (AvgIpc) is 2.42. The van der Waals surface area contributed by atoms with Gasteiger partial charge in [-0.3, -0.25) is 4.79 Å². The van der Waals surface area contributed by atoms with Gasteiger partial charge in [0.2, 0.25) is 0 Å². The van der Waals surface area contributed by atoms with Gasteiger partial charge in [0.25, 0.3) is 5.91 Å². The molecule has 0 N–H and O–H groups in total. The molecule has 1 amide bonds. The van der Waals surface area contributed by atoms with Crippen molar-refractivity contribution in [1.82, 2.24) is 10.2 Å². The number of hydrogen-bond donors (Lipinski definition) is 0. The van der Waals surface area contributed by atoms with Gasteiger partial charge in [-0.1, -0.05) is 18.2 Å². The van der Waals surface area contributed by atoms with Crippen LogP contribution in [0.3, 0.4) is 0 Å². The third-order valence-corrected chi connectivity index (χ3v) is 2.42. The van der Waals surface area contributed by atoms with Gasteiger partial charge in [-0.05, 0) is 31.2 Å². The van der Waals surface area contributed by atoms with Crippen LogP contribution in [-0.4, -0.2) is 22.6 Å². The number of anilines is 1. The van der Waals surface area contributed by atoms with E-state index in [0.717, 1.165) is 5.69 Å². The average molecular weight is 227 g/mol. The summed E-state index contributed by atoms with van der Waals surface area (Å²) in [5.41, 5.74) is 1.23. The molecular weight excluding hydrogens is 214 g/mol. The lowest BCUT2D eigenvalue weighted by Crippen LogP contribution is -2.31. The lowest BCUT2D eigenvalue weighted by molar-refractivity contribution is 0.0982. The van der Waals surface area contributed by atoms with E-state index in [1.807, 2.05) is 37.3 Å². The van der Waals surface area contributed by atoms with Crippen LogP contribution in [0.4, 0.5) is 5.69 Å². The summed E-state index contributed by atoms with van der Waals surface area (Å²) in [6.07, 6.45) is 1.55. The molecule has 0 aliphatic carbocycles. The molecule has 0 radical (unpaired) electrons. The number of carbonyl (C=O) groups excluding carboxylic acids is 1. The van der Waals surface area contributed by atoms with Crippen LogP contribution in [-0.2, 0) is 0 Å². The maximum Gasteiger partial charge on any atom is 0.278 e. The molecule has 4 nitrogen and oxygen atoms in total. The Kier molecular flexibility index (Phi) is 3.45. The van der Waals surface area contributed by atoms with E-state index in [1.54, 1.807) is 23.2 Å². The van der Waals surface area contributed by atoms with Crippen LogP contribution in [0.15, 0.2) is 48.7 Å². The maximum absolute atomic E-state index is 12.2. The Morgan fingerprint density at radius 1 is 1.18 bits per heavy atom. The first-order valence-electron chi connectivity index (χ1n) is 5.47. The highest BCUT2D eigenvalue weighted by molar-refractivity contribution is 6.04. The number of nitrogens with zero attached hydrogens (tertiary/aromatic N) is 3. The van der Waals surface area contributed by atoms with Crippen LogP contribution >= 0.6 is 0 Å². The second-order valence-corrected chi connectivity index (χ2v) is 3.49. The molecule has 4 heteroatoms. The van der Waals surface area contributed by atoms with E-state index in [2.05, 4.69) is 10.2 Å². The molecule has 0 saturated heterocycles. The Balaban J connectivity index is 2.29. The van der Waals surface area contributed by atoms with Crippen molar-refractivity contribution in [3.05, 3.63) is 54.4 Å². The Labute approximate surface area is 99.9 Å². The van der Waals surface area contributed by atoms with Crippen LogP contribution in [0.25, 0.3) is 0 Å². The first kappa shape index (κ1) is 11.3. The van der Waals surface area contributed by atoms with Gasteiger partial charge in [0.1, 0.15) is 0 Å². The quantitative estimate of drug-likeness (QED) is 0.807. The number of carbonyl (C=O) groups is 1. The number of hydrogen-bond acceptors (Lipinski definition) is 3. The zero-order chi connectivity index (χ0) is 12.1. The number of para-hydroxylation sites is 1. The molecule has 0 spiro atoms. The van der Waals surface area contributed by atoms with Gasteiger partial charge in [0.15, 0.2) is 5.69 Å². The predicted molar refractivity (Wildman–Crippen MR) is 65.8 cm³/mol. The molecule has 0 aliphatic rings. The molecule has 0 saturated carbocycles. The monoisotopic (exact) mass is 227 g/mol. The Morgan fingerprint density at radius 2 is 1.94 bits per heavy atom. The smallest absolute Gasteiger partial charge is 0.278 e. The number of aromatic nitrogens is 2. The van der Waals surface area contributed by atoms with Gasteiger partial charge in [-0.25, -0.2) is 0 Å². The highest BCUT2D eigenvalue weighted by Crippen LogP contribution is 2.15. The minimum Gasteiger partial charge on any atom is -0.307 e. The van der Waals surface area contributed by atoms with Gasteiger partial charge < -0.3 is 4.90 Å². The Bertz CT molecular complexity index is 485. The maximum atomic E-state index is 12.2. The largest absolute Gasteiger partial charge is 0.307 e. The van der Waals surface area contributed by atoms with E-state index in [1.165, 1.54) is 0 Å². The van der Waals surface area contributed by atoms with E-state index in [4.69, 9.17) is 0 Å². The van der Waals surface area contributed by atoms with Crippen LogP contribution in [0, 0.1) is 0 Å². The fourth-order valence-corrected chi connectivity index (χ4v) is 1.61. The fourth-order valence-electron chi connectivity index (χ4n) is 1.61. The van der Waals surface area contributed by atoms with Crippen molar-refractivity contribution in [2.75, 3.05) is 11.4 Å². The fraction of sp³-hybridized carbons (Fsp3) is 0.154. The normalized spacial score (nSPS) is 9.94. The first-order chi connectivity index (χ1) is 8.33. The third kappa shape index (κ3) is 2.47. The summed E-state index contributed by atoms with van der Waals surface area (Å²) in [5, 5.41) is 7.55. The van der Waals surface area contributed by atoms with Gasteiger partial charge in [0.05, 0.1) is 0 Å². The number of amides is 1. The molecule has 1 heterocycles. The Morgan fingerprint density at radius 3 is 2.53 bits per heavy atom. The third-order valence-electron chi connectivity index (χ3n) is 2.42. The van der Waals surface area contributed by atoms with Gasteiger partial charge in [-0.2, -0.15) is 5.10 Å². The molecular formula is C13H13N3O. The van der Waals surface area contributed by atoms with Crippen LogP contribution in [0.2, 0.25) is 0 Å². The lowest BCUT2D eigenvalue weighted by Gasteiger charge is -2.20. The molecule has 0 fully saturated rings. The number of benzene rings is 1. The minimum absolute atomic E-state index is 0.133. The summed E-state index contributed by atoms with van der Waals surface area (Å²) in [5.74, 6) is -0.133. The van der Waals surface area contributed by atoms with Gasteiger partial charge >= 0.3 is 0 Å². The van der Waals surface area contributed by atoms with E-state index in [9.17, 15) is 4.79 Å². The summed E-state index contributed by atoms with van der Waals surface area (Å²) >= 11 is 0. The molecule has 0 bridgehead atoms. The second-order valence-electron chi connectivity index (χ2n) is 3.49. The molecule has 1 aromatic heterocycles. The highest BCUT2D eigenvalue weighted by atomic mass is 16.2. The van der Waals surface area contributed by atoms with Crippen molar-refractivity contribution < 1.29 is 4.79 Å². The number of rotatable bonds is 3. The van der Waals surface area contributed by atoms with Crippen LogP contribution < -0.4 is 4.90 Å². The molecule has 1 aromatic carbocycles. The lowest BCUT2D eigenvalue weighted by atomic mass is 10.2. The molecule has 2 rings (SSSR count). The van der Waals surface area contributed by atoms with Crippen molar-refractivity contribution in [2.24, 2.45) is 0 Å². The summed E-state index contributed by atoms with van der Waals surface area (Å²) in [6.45, 7) is 2.53. The van der Waals surface area contributed by atoms with E-state index < -0.39 is 0 Å². The zero-order valence-corrected chi connectivity index (χ0v) is 9.58. The van der Waals surface area contributed by atoms with Crippen molar-refractivity contribution in [1.29, 1.82) is 0 Å². The van der Waals surface area contributed by atoms with Gasteiger partial charge in [-0.15, -0.1) is 5.10 Å². The second kappa shape index (κ2) is 5.21. The van der Waals surface area contributed by atoms with Crippen molar-refractivity contribution >= 4 is 11.6 Å². The van der Waals surface area contributed by atoms with Crippen molar-refractivity contribution in [2.45, 2.75) is 6.92 Å².